The van der Waals surface area contributed by atoms with Crippen molar-refractivity contribution in [1.29, 1.82) is 0 Å². The zero-order chi connectivity index (χ0) is 16.8. The van der Waals surface area contributed by atoms with Crippen molar-refractivity contribution in [2.24, 2.45) is 0 Å². The molecule has 2 aromatic carbocycles. The third kappa shape index (κ3) is 4.74. The molecule has 24 heavy (non-hydrogen) atoms. The lowest BCUT2D eigenvalue weighted by Crippen LogP contribution is -1.94. The normalized spacial score (nSPS) is 11.5. The summed E-state index contributed by atoms with van der Waals surface area (Å²) in [6.45, 7) is 3.09. The van der Waals surface area contributed by atoms with Crippen LogP contribution < -0.4 is 4.74 Å². The molecule has 0 N–H and O–H groups in total. The summed E-state index contributed by atoms with van der Waals surface area (Å²) in [6.07, 6.45) is 8.83. The third-order valence-corrected chi connectivity index (χ3v) is 3.92. The predicted molar refractivity (Wildman–Crippen MR) is 98.5 cm³/mol. The van der Waals surface area contributed by atoms with E-state index in [0.29, 0.717) is 5.02 Å². The lowest BCUT2D eigenvalue weighted by Gasteiger charge is -2.07. The summed E-state index contributed by atoms with van der Waals surface area (Å²) in [7, 11) is 0. The fourth-order valence-corrected chi connectivity index (χ4v) is 2.48. The molecule has 0 aliphatic rings. The number of allylic oxidation sites excluding steroid dienone is 1. The van der Waals surface area contributed by atoms with Gasteiger partial charge in [-0.2, -0.15) is 0 Å². The van der Waals surface area contributed by atoms with E-state index in [1.165, 1.54) is 11.1 Å². The minimum Gasteiger partial charge on any atom is -0.457 e. The van der Waals surface area contributed by atoms with E-state index in [-0.39, 0.29) is 0 Å². The number of imidazole rings is 1. The number of nitrogens with zero attached hydrogens (tertiary/aromatic N) is 2. The first-order valence-corrected chi connectivity index (χ1v) is 8.23. The Morgan fingerprint density at radius 2 is 1.75 bits per heavy atom. The van der Waals surface area contributed by atoms with Crippen molar-refractivity contribution in [2.75, 3.05) is 0 Å². The summed E-state index contributed by atoms with van der Waals surface area (Å²) < 4.78 is 7.88. The zero-order valence-corrected chi connectivity index (χ0v) is 14.3. The minimum absolute atomic E-state index is 0.703. The molecule has 4 heteroatoms. The summed E-state index contributed by atoms with van der Waals surface area (Å²) in [4.78, 5) is 4.06. The van der Waals surface area contributed by atoms with Crippen LogP contribution in [0.1, 0.15) is 18.9 Å². The summed E-state index contributed by atoms with van der Waals surface area (Å²) in [6, 6.07) is 15.4. The van der Waals surface area contributed by atoms with Crippen molar-refractivity contribution in [3.8, 4) is 11.5 Å². The van der Waals surface area contributed by atoms with Crippen molar-refractivity contribution in [3.05, 3.63) is 83.4 Å². The average molecular weight is 339 g/mol. The molecule has 1 aromatic heterocycles. The van der Waals surface area contributed by atoms with Gasteiger partial charge in [-0.25, -0.2) is 4.98 Å². The monoisotopic (exact) mass is 338 g/mol. The molecule has 0 aliphatic carbocycles. The van der Waals surface area contributed by atoms with E-state index in [1.807, 2.05) is 48.9 Å². The standard InChI is InChI=1S/C20H19ClN2O/c1-16(10-12-23-13-11-22-15-23)14-17-2-6-19(7-3-17)24-20-8-4-18(21)5-9-20/h2-9,11,13-15H,10,12H2,1H3. The predicted octanol–water partition coefficient (Wildman–Crippen LogP) is 5.82. The van der Waals surface area contributed by atoms with Gasteiger partial charge in [0, 0.05) is 24.0 Å². The van der Waals surface area contributed by atoms with Gasteiger partial charge in [-0.05, 0) is 55.3 Å². The Balaban J connectivity index is 1.59. The number of halogens is 1. The Hall–Kier alpha value is -2.52. The van der Waals surface area contributed by atoms with Gasteiger partial charge in [-0.1, -0.05) is 35.4 Å². The van der Waals surface area contributed by atoms with Crippen LogP contribution in [0.4, 0.5) is 0 Å². The Morgan fingerprint density at radius 1 is 1.08 bits per heavy atom. The molecule has 0 spiro atoms. The average Bonchev–Trinajstić information content (AvgIpc) is 3.10. The molecule has 3 rings (SSSR count). The molecule has 0 saturated carbocycles. The topological polar surface area (TPSA) is 27.1 Å². The number of hydrogen-bond acceptors (Lipinski definition) is 2. The molecule has 0 amide bonds. The lowest BCUT2D eigenvalue weighted by atomic mass is 10.1. The second-order valence-electron chi connectivity index (χ2n) is 5.67. The third-order valence-electron chi connectivity index (χ3n) is 3.67. The van der Waals surface area contributed by atoms with Gasteiger partial charge in [-0.3, -0.25) is 0 Å². The van der Waals surface area contributed by atoms with Crippen molar-refractivity contribution in [2.45, 2.75) is 19.9 Å². The van der Waals surface area contributed by atoms with Crippen LogP contribution in [-0.2, 0) is 6.54 Å². The van der Waals surface area contributed by atoms with Gasteiger partial charge in [0.15, 0.2) is 0 Å². The Morgan fingerprint density at radius 3 is 2.38 bits per heavy atom. The zero-order valence-electron chi connectivity index (χ0n) is 13.5. The number of rotatable bonds is 6. The fourth-order valence-electron chi connectivity index (χ4n) is 2.35. The number of hydrogen-bond donors (Lipinski definition) is 0. The van der Waals surface area contributed by atoms with Gasteiger partial charge >= 0.3 is 0 Å². The highest BCUT2D eigenvalue weighted by molar-refractivity contribution is 6.30. The van der Waals surface area contributed by atoms with E-state index >= 15 is 0 Å². The largest absolute Gasteiger partial charge is 0.457 e. The highest BCUT2D eigenvalue weighted by atomic mass is 35.5. The van der Waals surface area contributed by atoms with E-state index in [9.17, 15) is 0 Å². The highest BCUT2D eigenvalue weighted by Crippen LogP contribution is 2.24. The van der Waals surface area contributed by atoms with Gasteiger partial charge in [0.05, 0.1) is 6.33 Å². The molecule has 0 bridgehead atoms. The molecule has 0 aliphatic heterocycles. The second kappa shape index (κ2) is 7.84. The van der Waals surface area contributed by atoms with Crippen LogP contribution in [0, 0.1) is 0 Å². The molecule has 0 atom stereocenters. The number of ether oxygens (including phenoxy) is 1. The van der Waals surface area contributed by atoms with E-state index in [2.05, 4.69) is 34.7 Å². The fraction of sp³-hybridized carbons (Fsp3) is 0.150. The van der Waals surface area contributed by atoms with Gasteiger partial charge in [-0.15, -0.1) is 0 Å². The molecule has 0 fully saturated rings. The second-order valence-corrected chi connectivity index (χ2v) is 6.10. The van der Waals surface area contributed by atoms with E-state index in [4.69, 9.17) is 16.3 Å². The van der Waals surface area contributed by atoms with Gasteiger partial charge in [0.2, 0.25) is 0 Å². The van der Waals surface area contributed by atoms with Crippen LogP contribution in [0.3, 0.4) is 0 Å². The molecule has 3 nitrogen and oxygen atoms in total. The number of aromatic nitrogens is 2. The van der Waals surface area contributed by atoms with E-state index < -0.39 is 0 Å². The maximum absolute atomic E-state index is 5.88. The maximum atomic E-state index is 5.88. The van der Waals surface area contributed by atoms with Crippen LogP contribution in [0.15, 0.2) is 72.8 Å². The first kappa shape index (κ1) is 16.3. The molecule has 1 heterocycles. The van der Waals surface area contributed by atoms with Crippen LogP contribution in [0.2, 0.25) is 5.02 Å². The van der Waals surface area contributed by atoms with Gasteiger partial charge in [0.25, 0.3) is 0 Å². The Bertz CT molecular complexity index is 791. The van der Waals surface area contributed by atoms with Crippen molar-refractivity contribution in [1.82, 2.24) is 9.55 Å². The van der Waals surface area contributed by atoms with Crippen LogP contribution >= 0.6 is 11.6 Å². The van der Waals surface area contributed by atoms with Crippen LogP contribution in [-0.4, -0.2) is 9.55 Å². The van der Waals surface area contributed by atoms with Crippen LogP contribution in [0.5, 0.6) is 11.5 Å². The first-order valence-electron chi connectivity index (χ1n) is 7.85. The molecular weight excluding hydrogens is 320 g/mol. The molecular formula is C20H19ClN2O. The minimum atomic E-state index is 0.703. The number of aryl methyl sites for hydroxylation is 1. The SMILES string of the molecule is CC(=Cc1ccc(Oc2ccc(Cl)cc2)cc1)CCn1ccnc1. The smallest absolute Gasteiger partial charge is 0.127 e. The Labute approximate surface area is 147 Å². The van der Waals surface area contributed by atoms with Crippen LogP contribution in [0.25, 0.3) is 6.08 Å². The maximum Gasteiger partial charge on any atom is 0.127 e. The van der Waals surface area contributed by atoms with Crippen molar-refractivity contribution >= 4 is 17.7 Å². The summed E-state index contributed by atoms with van der Waals surface area (Å²) >= 11 is 5.88. The van der Waals surface area contributed by atoms with E-state index in [1.54, 1.807) is 6.20 Å². The van der Waals surface area contributed by atoms with Crippen molar-refractivity contribution < 1.29 is 4.74 Å². The Kier molecular flexibility index (Phi) is 5.34. The van der Waals surface area contributed by atoms with Gasteiger partial charge < -0.3 is 9.30 Å². The highest BCUT2D eigenvalue weighted by Gasteiger charge is 1.99. The molecule has 122 valence electrons. The molecule has 0 unspecified atom stereocenters. The lowest BCUT2D eigenvalue weighted by molar-refractivity contribution is 0.482. The molecule has 3 aromatic rings. The quantitative estimate of drug-likeness (QED) is 0.566. The summed E-state index contributed by atoms with van der Waals surface area (Å²) in [5.41, 5.74) is 2.50. The first-order chi connectivity index (χ1) is 11.7. The van der Waals surface area contributed by atoms with Gasteiger partial charge in [0.1, 0.15) is 11.5 Å². The molecule has 0 saturated heterocycles. The van der Waals surface area contributed by atoms with Crippen molar-refractivity contribution in [3.63, 3.8) is 0 Å². The summed E-state index contributed by atoms with van der Waals surface area (Å²) in [5, 5.41) is 0.703. The summed E-state index contributed by atoms with van der Waals surface area (Å²) in [5.74, 6) is 1.59. The number of benzene rings is 2. The van der Waals surface area contributed by atoms with E-state index in [0.717, 1.165) is 24.5 Å². The molecule has 0 radical (unpaired) electrons.